The van der Waals surface area contributed by atoms with Gasteiger partial charge in [0.1, 0.15) is 0 Å². The van der Waals surface area contributed by atoms with E-state index in [1.165, 1.54) is 12.1 Å². The molecule has 0 radical (unpaired) electrons. The van der Waals surface area contributed by atoms with Gasteiger partial charge in [-0.1, -0.05) is 6.07 Å². The van der Waals surface area contributed by atoms with Crippen molar-refractivity contribution in [3.8, 4) is 0 Å². The molecule has 7 heteroatoms. The molecule has 0 aliphatic carbocycles. The number of aliphatic hydroxyl groups excluding tert-OH is 2. The van der Waals surface area contributed by atoms with E-state index in [-0.39, 0.29) is 24.8 Å². The number of anilines is 1. The van der Waals surface area contributed by atoms with Crippen molar-refractivity contribution in [3.63, 3.8) is 0 Å². The van der Waals surface area contributed by atoms with E-state index < -0.39 is 18.3 Å². The van der Waals surface area contributed by atoms with Crippen LogP contribution in [-0.2, 0) is 17.5 Å². The molecule has 1 saturated heterocycles. The Hall–Kier alpha value is -1.31. The SMILES string of the molecule is OCc1ccc(N2CCOCC2CO)cc1C(F)(F)F. The van der Waals surface area contributed by atoms with Crippen LogP contribution in [0.25, 0.3) is 0 Å². The fourth-order valence-corrected chi connectivity index (χ4v) is 2.29. The molecular formula is C13H16F3NO3. The van der Waals surface area contributed by atoms with Crippen LogP contribution < -0.4 is 4.90 Å². The van der Waals surface area contributed by atoms with Crippen molar-refractivity contribution in [2.45, 2.75) is 18.8 Å². The average molecular weight is 291 g/mol. The van der Waals surface area contributed by atoms with Crippen molar-refractivity contribution >= 4 is 5.69 Å². The molecule has 1 aromatic rings. The zero-order chi connectivity index (χ0) is 14.8. The average Bonchev–Trinajstić information content (AvgIpc) is 2.45. The highest BCUT2D eigenvalue weighted by molar-refractivity contribution is 5.53. The maximum atomic E-state index is 13.0. The second-order valence-electron chi connectivity index (χ2n) is 4.60. The van der Waals surface area contributed by atoms with E-state index in [4.69, 9.17) is 9.84 Å². The third kappa shape index (κ3) is 3.05. The van der Waals surface area contributed by atoms with Gasteiger partial charge in [0.25, 0.3) is 0 Å². The van der Waals surface area contributed by atoms with Crippen LogP contribution in [-0.4, -0.2) is 42.6 Å². The number of alkyl halides is 3. The Kier molecular flexibility index (Phi) is 4.52. The molecule has 1 aliphatic heterocycles. The molecule has 20 heavy (non-hydrogen) atoms. The lowest BCUT2D eigenvalue weighted by Gasteiger charge is -2.36. The molecular weight excluding hydrogens is 275 g/mol. The lowest BCUT2D eigenvalue weighted by atomic mass is 10.0. The van der Waals surface area contributed by atoms with Gasteiger partial charge in [-0.3, -0.25) is 0 Å². The minimum atomic E-state index is -4.52. The number of hydrogen-bond donors (Lipinski definition) is 2. The van der Waals surface area contributed by atoms with Crippen LogP contribution in [0.5, 0.6) is 0 Å². The Morgan fingerprint density at radius 2 is 2.05 bits per heavy atom. The fourth-order valence-electron chi connectivity index (χ4n) is 2.29. The number of halogens is 3. The van der Waals surface area contributed by atoms with Gasteiger partial charge in [0.05, 0.1) is 38.0 Å². The molecule has 112 valence electrons. The number of rotatable bonds is 3. The van der Waals surface area contributed by atoms with E-state index in [1.807, 2.05) is 0 Å². The largest absolute Gasteiger partial charge is 0.416 e. The highest BCUT2D eigenvalue weighted by atomic mass is 19.4. The Bertz CT molecular complexity index is 465. The first-order valence-corrected chi connectivity index (χ1v) is 6.23. The minimum Gasteiger partial charge on any atom is -0.394 e. The van der Waals surface area contributed by atoms with Gasteiger partial charge in [-0.05, 0) is 17.7 Å². The van der Waals surface area contributed by atoms with Gasteiger partial charge < -0.3 is 19.8 Å². The molecule has 0 aromatic heterocycles. The van der Waals surface area contributed by atoms with E-state index in [0.29, 0.717) is 18.8 Å². The van der Waals surface area contributed by atoms with Gasteiger partial charge >= 0.3 is 6.18 Å². The Labute approximate surface area is 114 Å². The first-order valence-electron chi connectivity index (χ1n) is 6.23. The third-order valence-corrected chi connectivity index (χ3v) is 3.34. The molecule has 1 fully saturated rings. The minimum absolute atomic E-state index is 0.157. The van der Waals surface area contributed by atoms with Gasteiger partial charge in [0.15, 0.2) is 0 Å². The number of hydrogen-bond acceptors (Lipinski definition) is 4. The maximum Gasteiger partial charge on any atom is 0.416 e. The first kappa shape index (κ1) is 15.1. The van der Waals surface area contributed by atoms with Crippen molar-refractivity contribution in [2.24, 2.45) is 0 Å². The molecule has 0 spiro atoms. The number of ether oxygens (including phenoxy) is 1. The molecule has 1 aliphatic rings. The summed E-state index contributed by atoms with van der Waals surface area (Å²) in [5.41, 5.74) is -0.632. The highest BCUT2D eigenvalue weighted by Gasteiger charge is 2.34. The molecule has 2 rings (SSSR count). The van der Waals surface area contributed by atoms with Crippen LogP contribution in [0.3, 0.4) is 0 Å². The predicted octanol–water partition coefficient (Wildman–Crippen LogP) is 1.40. The molecule has 4 nitrogen and oxygen atoms in total. The smallest absolute Gasteiger partial charge is 0.394 e. The van der Waals surface area contributed by atoms with E-state index in [0.717, 1.165) is 6.07 Å². The van der Waals surface area contributed by atoms with Gasteiger partial charge in [-0.15, -0.1) is 0 Å². The van der Waals surface area contributed by atoms with Crippen LogP contribution >= 0.6 is 0 Å². The van der Waals surface area contributed by atoms with E-state index >= 15 is 0 Å². The summed E-state index contributed by atoms with van der Waals surface area (Å²) in [6.07, 6.45) is -4.52. The number of benzene rings is 1. The number of aliphatic hydroxyl groups is 2. The Balaban J connectivity index is 2.37. The van der Waals surface area contributed by atoms with Gasteiger partial charge in [0.2, 0.25) is 0 Å². The first-order chi connectivity index (χ1) is 9.47. The molecule has 0 amide bonds. The van der Waals surface area contributed by atoms with Crippen molar-refractivity contribution in [3.05, 3.63) is 29.3 Å². The lowest BCUT2D eigenvalue weighted by Crippen LogP contribution is -2.47. The quantitative estimate of drug-likeness (QED) is 0.884. The van der Waals surface area contributed by atoms with E-state index in [2.05, 4.69) is 0 Å². The summed E-state index contributed by atoms with van der Waals surface area (Å²) >= 11 is 0. The van der Waals surface area contributed by atoms with Crippen molar-refractivity contribution < 1.29 is 28.1 Å². The van der Waals surface area contributed by atoms with Crippen molar-refractivity contribution in [2.75, 3.05) is 31.3 Å². The summed E-state index contributed by atoms with van der Waals surface area (Å²) < 4.78 is 44.1. The zero-order valence-corrected chi connectivity index (χ0v) is 10.7. The monoisotopic (exact) mass is 291 g/mol. The second kappa shape index (κ2) is 5.99. The fraction of sp³-hybridized carbons (Fsp3) is 0.538. The van der Waals surface area contributed by atoms with E-state index in [1.54, 1.807) is 4.90 Å². The number of nitrogens with zero attached hydrogens (tertiary/aromatic N) is 1. The summed E-state index contributed by atoms with van der Waals surface area (Å²) in [5.74, 6) is 0. The third-order valence-electron chi connectivity index (χ3n) is 3.34. The van der Waals surface area contributed by atoms with Crippen molar-refractivity contribution in [1.82, 2.24) is 0 Å². The highest BCUT2D eigenvalue weighted by Crippen LogP contribution is 2.35. The molecule has 0 bridgehead atoms. The van der Waals surface area contributed by atoms with Crippen molar-refractivity contribution in [1.29, 1.82) is 0 Å². The summed E-state index contributed by atoms with van der Waals surface area (Å²) in [7, 11) is 0. The predicted molar refractivity (Wildman–Crippen MR) is 66.4 cm³/mol. The molecule has 1 heterocycles. The molecule has 1 unspecified atom stereocenters. The topological polar surface area (TPSA) is 52.9 Å². The van der Waals surface area contributed by atoms with Crippen LogP contribution in [0, 0.1) is 0 Å². The van der Waals surface area contributed by atoms with Crippen LogP contribution in [0.1, 0.15) is 11.1 Å². The molecule has 1 aromatic carbocycles. The summed E-state index contributed by atoms with van der Waals surface area (Å²) in [5, 5.41) is 18.3. The summed E-state index contributed by atoms with van der Waals surface area (Å²) in [6, 6.07) is 3.45. The normalized spacial score (nSPS) is 20.2. The number of morpholine rings is 1. The second-order valence-corrected chi connectivity index (χ2v) is 4.60. The van der Waals surface area contributed by atoms with Gasteiger partial charge in [-0.2, -0.15) is 13.2 Å². The van der Waals surface area contributed by atoms with Crippen LogP contribution in [0.2, 0.25) is 0 Å². The van der Waals surface area contributed by atoms with E-state index in [9.17, 15) is 18.3 Å². The molecule has 1 atom stereocenters. The van der Waals surface area contributed by atoms with Crippen LogP contribution in [0.15, 0.2) is 18.2 Å². The van der Waals surface area contributed by atoms with Crippen LogP contribution in [0.4, 0.5) is 18.9 Å². The lowest BCUT2D eigenvalue weighted by molar-refractivity contribution is -0.138. The summed E-state index contributed by atoms with van der Waals surface area (Å²) in [6.45, 7) is 0.241. The maximum absolute atomic E-state index is 13.0. The van der Waals surface area contributed by atoms with Gasteiger partial charge in [0, 0.05) is 12.2 Å². The Morgan fingerprint density at radius 3 is 2.65 bits per heavy atom. The summed E-state index contributed by atoms with van der Waals surface area (Å²) in [4.78, 5) is 1.69. The standard InChI is InChI=1S/C13H16F3NO3/c14-13(15,16)12-5-10(2-1-9(12)6-18)17-3-4-20-8-11(17)7-19/h1-2,5,11,18-19H,3-4,6-8H2. The molecule has 2 N–H and O–H groups in total. The Morgan fingerprint density at radius 1 is 1.30 bits per heavy atom. The molecule has 0 saturated carbocycles. The zero-order valence-electron chi connectivity index (χ0n) is 10.7. The van der Waals surface area contributed by atoms with Gasteiger partial charge in [-0.25, -0.2) is 0 Å².